The fourth-order valence-electron chi connectivity index (χ4n) is 3.78. The highest BCUT2D eigenvalue weighted by Gasteiger charge is 2.31. The van der Waals surface area contributed by atoms with Gasteiger partial charge in [0.15, 0.2) is 11.0 Å². The van der Waals surface area contributed by atoms with Gasteiger partial charge < -0.3 is 19.5 Å². The summed E-state index contributed by atoms with van der Waals surface area (Å²) in [5, 5.41) is 15.8. The number of nitrogens with zero attached hydrogens (tertiary/aromatic N) is 5. The Morgan fingerprint density at radius 1 is 1.17 bits per heavy atom. The third-order valence-electron chi connectivity index (χ3n) is 5.00. The molecule has 122 valence electrons. The lowest BCUT2D eigenvalue weighted by molar-refractivity contribution is 0.122. The van der Waals surface area contributed by atoms with E-state index in [1.807, 2.05) is 0 Å². The second kappa shape index (κ2) is 5.54. The van der Waals surface area contributed by atoms with E-state index in [1.165, 1.54) is 12.8 Å². The van der Waals surface area contributed by atoms with Gasteiger partial charge in [-0.15, -0.1) is 21.5 Å². The Morgan fingerprint density at radius 3 is 2.96 bits per heavy atom. The smallest absolute Gasteiger partial charge is 0.186 e. The minimum atomic E-state index is 0.549. The van der Waals surface area contributed by atoms with Crippen LogP contribution in [0.15, 0.2) is 5.38 Å². The molecule has 2 aromatic rings. The first-order chi connectivity index (χ1) is 11.4. The lowest BCUT2D eigenvalue weighted by atomic mass is 10.1. The molecule has 3 aliphatic rings. The predicted octanol–water partition coefficient (Wildman–Crippen LogP) is 0.915. The maximum absolute atomic E-state index is 5.42. The van der Waals surface area contributed by atoms with E-state index >= 15 is 0 Å². The van der Waals surface area contributed by atoms with Crippen molar-refractivity contribution in [3.8, 4) is 11.5 Å². The Labute approximate surface area is 138 Å². The summed E-state index contributed by atoms with van der Waals surface area (Å²) in [6, 6.07) is 1.12. The maximum Gasteiger partial charge on any atom is 0.186 e. The van der Waals surface area contributed by atoms with Crippen LogP contribution in [0, 0.1) is 0 Å². The van der Waals surface area contributed by atoms with Gasteiger partial charge in [-0.1, -0.05) is 0 Å². The van der Waals surface area contributed by atoms with E-state index in [4.69, 9.17) is 9.72 Å². The van der Waals surface area contributed by atoms with Gasteiger partial charge in [-0.05, 0) is 12.8 Å². The lowest BCUT2D eigenvalue weighted by Crippen LogP contribution is -2.36. The highest BCUT2D eigenvalue weighted by Crippen LogP contribution is 2.30. The normalized spacial score (nSPS) is 27.0. The molecule has 1 N–H and O–H groups in total. The maximum atomic E-state index is 5.42. The summed E-state index contributed by atoms with van der Waals surface area (Å²) in [4.78, 5) is 7.11. The minimum Gasteiger partial charge on any atom is -0.378 e. The third kappa shape index (κ3) is 2.45. The molecule has 2 fully saturated rings. The zero-order valence-corrected chi connectivity index (χ0v) is 13.8. The molecule has 7 nitrogen and oxygen atoms in total. The van der Waals surface area contributed by atoms with Gasteiger partial charge in [0.05, 0.1) is 13.2 Å². The van der Waals surface area contributed by atoms with Gasteiger partial charge in [-0.2, -0.15) is 0 Å². The van der Waals surface area contributed by atoms with Crippen molar-refractivity contribution >= 4 is 16.5 Å². The second-order valence-electron chi connectivity index (χ2n) is 6.51. The number of ether oxygens (including phenoxy) is 1. The minimum absolute atomic E-state index is 0.549. The van der Waals surface area contributed by atoms with Crippen LogP contribution in [0.5, 0.6) is 0 Å². The van der Waals surface area contributed by atoms with E-state index < -0.39 is 0 Å². The first-order valence-electron chi connectivity index (χ1n) is 8.33. The summed E-state index contributed by atoms with van der Waals surface area (Å²) in [6.07, 6.45) is 3.48. The fourth-order valence-corrected chi connectivity index (χ4v) is 4.64. The Kier molecular flexibility index (Phi) is 3.34. The van der Waals surface area contributed by atoms with Crippen LogP contribution in [0.1, 0.15) is 18.7 Å². The second-order valence-corrected chi connectivity index (χ2v) is 7.34. The van der Waals surface area contributed by atoms with Crippen molar-refractivity contribution < 1.29 is 4.74 Å². The van der Waals surface area contributed by atoms with Crippen LogP contribution in [-0.4, -0.2) is 58.1 Å². The molecule has 8 heteroatoms. The Balaban J connectivity index is 1.45. The molecule has 0 aromatic carbocycles. The van der Waals surface area contributed by atoms with Crippen LogP contribution in [-0.2, 0) is 17.7 Å². The summed E-state index contributed by atoms with van der Waals surface area (Å²) in [6.45, 7) is 4.35. The Morgan fingerprint density at radius 2 is 2.04 bits per heavy atom. The predicted molar refractivity (Wildman–Crippen MR) is 87.8 cm³/mol. The molecule has 5 heterocycles. The quantitative estimate of drug-likeness (QED) is 0.882. The molecule has 2 aromatic heterocycles. The molecular weight excluding hydrogens is 312 g/mol. The van der Waals surface area contributed by atoms with E-state index in [2.05, 4.69) is 30.4 Å². The first-order valence-corrected chi connectivity index (χ1v) is 9.21. The molecule has 2 unspecified atom stereocenters. The van der Waals surface area contributed by atoms with E-state index in [0.29, 0.717) is 12.1 Å². The molecule has 0 spiro atoms. The number of thiazole rings is 1. The van der Waals surface area contributed by atoms with Crippen molar-refractivity contribution in [2.75, 3.05) is 31.2 Å². The molecule has 0 radical (unpaired) electrons. The van der Waals surface area contributed by atoms with Gasteiger partial charge in [0.1, 0.15) is 11.5 Å². The van der Waals surface area contributed by atoms with E-state index in [9.17, 15) is 0 Å². The zero-order valence-electron chi connectivity index (χ0n) is 12.9. The van der Waals surface area contributed by atoms with E-state index in [1.54, 1.807) is 11.3 Å². The van der Waals surface area contributed by atoms with Crippen molar-refractivity contribution in [3.63, 3.8) is 0 Å². The average molecular weight is 332 g/mol. The molecule has 2 bridgehead atoms. The summed E-state index contributed by atoms with van der Waals surface area (Å²) in [5.74, 6) is 2.02. The molecular formula is C15H20N6OS. The molecule has 5 rings (SSSR count). The number of anilines is 1. The Hall–Kier alpha value is -1.51. The van der Waals surface area contributed by atoms with Crippen molar-refractivity contribution in [1.29, 1.82) is 0 Å². The molecule has 0 aliphatic carbocycles. The summed E-state index contributed by atoms with van der Waals surface area (Å²) in [7, 11) is 0. The number of fused-ring (bicyclic) bond motifs is 3. The van der Waals surface area contributed by atoms with E-state index in [-0.39, 0.29) is 0 Å². The summed E-state index contributed by atoms with van der Waals surface area (Å²) >= 11 is 1.69. The number of rotatable bonds is 2. The van der Waals surface area contributed by atoms with Crippen LogP contribution >= 0.6 is 11.3 Å². The molecule has 2 saturated heterocycles. The first kappa shape index (κ1) is 13.9. The highest BCUT2D eigenvalue weighted by molar-refractivity contribution is 7.14. The number of nitrogens with one attached hydrogen (secondary N) is 1. The molecule has 2 atom stereocenters. The number of hydrogen-bond acceptors (Lipinski definition) is 7. The van der Waals surface area contributed by atoms with Crippen molar-refractivity contribution in [1.82, 2.24) is 25.1 Å². The van der Waals surface area contributed by atoms with Crippen molar-refractivity contribution in [2.24, 2.45) is 0 Å². The van der Waals surface area contributed by atoms with Gasteiger partial charge in [0, 0.05) is 43.5 Å². The number of aromatic nitrogens is 4. The lowest BCUT2D eigenvalue weighted by Gasteiger charge is -2.25. The molecule has 0 saturated carbocycles. The van der Waals surface area contributed by atoms with Crippen LogP contribution in [0.4, 0.5) is 5.13 Å². The number of hydrogen-bond donors (Lipinski definition) is 1. The van der Waals surface area contributed by atoms with Crippen LogP contribution in [0.3, 0.4) is 0 Å². The molecule has 23 heavy (non-hydrogen) atoms. The number of morpholine rings is 1. The molecule has 3 aliphatic heterocycles. The molecule has 0 amide bonds. The van der Waals surface area contributed by atoms with Gasteiger partial charge in [-0.3, -0.25) is 0 Å². The van der Waals surface area contributed by atoms with Crippen LogP contribution < -0.4 is 10.2 Å². The van der Waals surface area contributed by atoms with Gasteiger partial charge in [0.25, 0.3) is 0 Å². The SMILES string of the molecule is c1sc(N2CCOCC2)nc1-c1nnc2n1CC1CCC(C2)N1. The topological polar surface area (TPSA) is 68.1 Å². The fraction of sp³-hybridized carbons (Fsp3) is 0.667. The van der Waals surface area contributed by atoms with Gasteiger partial charge in [-0.25, -0.2) is 4.98 Å². The van der Waals surface area contributed by atoms with E-state index in [0.717, 1.165) is 61.7 Å². The largest absolute Gasteiger partial charge is 0.378 e. The standard InChI is InChI=1S/C15H20N6OS/c1-2-11-8-21-13(7-10(1)16-11)18-19-14(21)12-9-23-15(17-12)20-3-5-22-6-4-20/h9-11,16H,1-8H2. The summed E-state index contributed by atoms with van der Waals surface area (Å²) in [5.41, 5.74) is 0.952. The van der Waals surface area contributed by atoms with Crippen molar-refractivity contribution in [2.45, 2.75) is 37.9 Å². The van der Waals surface area contributed by atoms with Gasteiger partial charge >= 0.3 is 0 Å². The van der Waals surface area contributed by atoms with Crippen molar-refractivity contribution in [3.05, 3.63) is 11.2 Å². The summed E-state index contributed by atoms with van der Waals surface area (Å²) < 4.78 is 7.69. The highest BCUT2D eigenvalue weighted by atomic mass is 32.1. The van der Waals surface area contributed by atoms with Gasteiger partial charge in [0.2, 0.25) is 0 Å². The average Bonchev–Trinajstić information content (AvgIpc) is 3.27. The monoisotopic (exact) mass is 332 g/mol. The third-order valence-corrected chi connectivity index (χ3v) is 5.90. The van der Waals surface area contributed by atoms with Crippen LogP contribution in [0.25, 0.3) is 11.5 Å². The zero-order chi connectivity index (χ0) is 15.2. The van der Waals surface area contributed by atoms with Crippen LogP contribution in [0.2, 0.25) is 0 Å². The Bertz CT molecular complexity index is 707.